The Morgan fingerprint density at radius 3 is 2.36 bits per heavy atom. The van der Waals surface area contributed by atoms with Gasteiger partial charge in [0.25, 0.3) is 5.91 Å². The molecule has 1 aromatic heterocycles. The standard InChI is InChI=1S/C33H48N6O5/c1-6-7-14-38-31(42)28(29(40)22(2)3)34-32(43)33(38)12-15-36(16-13-33)21-27-23(4)35-39(24(27)5)26-10-8-25(9-11-26)30(41)37-17-19-44-20-18-37/h8-11,22,28-29,40H,6-7,12-21H2,1-5H3,(H,34,43)/t28-,29-/m1/s1. The molecule has 0 bridgehead atoms. The molecule has 44 heavy (non-hydrogen) atoms. The van der Waals surface area contributed by atoms with Crippen LogP contribution in [-0.2, 0) is 20.9 Å². The quantitative estimate of drug-likeness (QED) is 0.449. The van der Waals surface area contributed by atoms with Crippen molar-refractivity contribution in [1.82, 2.24) is 29.8 Å². The van der Waals surface area contributed by atoms with E-state index in [9.17, 15) is 19.5 Å². The molecule has 5 rings (SSSR count). The van der Waals surface area contributed by atoms with Gasteiger partial charge in [-0.3, -0.25) is 19.3 Å². The van der Waals surface area contributed by atoms with E-state index in [-0.39, 0.29) is 23.6 Å². The number of piperidine rings is 1. The Bertz CT molecular complexity index is 1340. The second-order valence-electron chi connectivity index (χ2n) is 12.8. The number of aliphatic hydroxyl groups excluding tert-OH is 1. The molecule has 11 nitrogen and oxygen atoms in total. The van der Waals surface area contributed by atoms with Crippen LogP contribution >= 0.6 is 0 Å². The van der Waals surface area contributed by atoms with Crippen LogP contribution in [0.4, 0.5) is 0 Å². The summed E-state index contributed by atoms with van der Waals surface area (Å²) in [5, 5.41) is 18.4. The van der Waals surface area contributed by atoms with Crippen molar-refractivity contribution in [3.05, 3.63) is 46.8 Å². The summed E-state index contributed by atoms with van der Waals surface area (Å²) in [6, 6.07) is 6.70. The lowest BCUT2D eigenvalue weighted by Gasteiger charge is -2.52. The number of amides is 3. The third-order valence-corrected chi connectivity index (χ3v) is 9.68. The summed E-state index contributed by atoms with van der Waals surface area (Å²) in [7, 11) is 0. The Kier molecular flexibility index (Phi) is 9.77. The average Bonchev–Trinajstić information content (AvgIpc) is 3.31. The molecule has 0 radical (unpaired) electrons. The van der Waals surface area contributed by atoms with E-state index < -0.39 is 17.7 Å². The smallest absolute Gasteiger partial charge is 0.254 e. The zero-order valence-electron chi connectivity index (χ0n) is 26.8. The van der Waals surface area contributed by atoms with Crippen molar-refractivity contribution in [3.8, 4) is 5.69 Å². The van der Waals surface area contributed by atoms with Gasteiger partial charge in [-0.05, 0) is 63.3 Å². The van der Waals surface area contributed by atoms with E-state index >= 15 is 0 Å². The van der Waals surface area contributed by atoms with Crippen LogP contribution in [-0.4, -0.2) is 111 Å². The van der Waals surface area contributed by atoms with Gasteiger partial charge in [-0.2, -0.15) is 5.10 Å². The molecule has 3 amide bonds. The van der Waals surface area contributed by atoms with Gasteiger partial charge in [-0.1, -0.05) is 27.2 Å². The molecule has 240 valence electrons. The lowest BCUT2D eigenvalue weighted by molar-refractivity contribution is -0.165. The summed E-state index contributed by atoms with van der Waals surface area (Å²) >= 11 is 0. The average molecular weight is 609 g/mol. The third-order valence-electron chi connectivity index (χ3n) is 9.68. The molecule has 2 aromatic rings. The first-order chi connectivity index (χ1) is 21.1. The van der Waals surface area contributed by atoms with Crippen LogP contribution in [0.1, 0.15) is 73.8 Å². The number of carbonyl (C=O) groups is 3. The minimum absolute atomic E-state index is 0.0185. The topological polar surface area (TPSA) is 120 Å². The molecule has 3 fully saturated rings. The predicted molar refractivity (Wildman–Crippen MR) is 166 cm³/mol. The minimum atomic E-state index is -0.919. The van der Waals surface area contributed by atoms with E-state index in [0.717, 1.165) is 35.5 Å². The Morgan fingerprint density at radius 2 is 1.75 bits per heavy atom. The lowest BCUT2D eigenvalue weighted by Crippen LogP contribution is -2.74. The van der Waals surface area contributed by atoms with Gasteiger partial charge in [0.15, 0.2) is 0 Å². The molecular formula is C33H48N6O5. The number of carbonyl (C=O) groups excluding carboxylic acids is 3. The molecule has 2 atom stereocenters. The molecule has 3 aliphatic heterocycles. The highest BCUT2D eigenvalue weighted by Crippen LogP contribution is 2.35. The fourth-order valence-electron chi connectivity index (χ4n) is 6.75. The Labute approximate surface area is 260 Å². The van der Waals surface area contributed by atoms with E-state index in [4.69, 9.17) is 9.84 Å². The van der Waals surface area contributed by atoms with Gasteiger partial charge < -0.3 is 25.0 Å². The number of likely N-dealkylation sites (tertiary alicyclic amines) is 1. The summed E-state index contributed by atoms with van der Waals surface area (Å²) in [5.74, 6) is -0.437. The second kappa shape index (κ2) is 13.4. The largest absolute Gasteiger partial charge is 0.390 e. The monoisotopic (exact) mass is 608 g/mol. The lowest BCUT2D eigenvalue weighted by atomic mass is 9.80. The first-order valence-corrected chi connectivity index (χ1v) is 16.1. The molecule has 0 saturated carbocycles. The van der Waals surface area contributed by atoms with Crippen LogP contribution in [0, 0.1) is 19.8 Å². The summed E-state index contributed by atoms with van der Waals surface area (Å²) in [6.07, 6.45) is 1.90. The van der Waals surface area contributed by atoms with Crippen molar-refractivity contribution in [3.63, 3.8) is 0 Å². The molecule has 3 saturated heterocycles. The van der Waals surface area contributed by atoms with Crippen molar-refractivity contribution in [2.45, 2.75) is 84.5 Å². The number of benzene rings is 1. The van der Waals surface area contributed by atoms with E-state index in [1.54, 1.807) is 4.90 Å². The number of hydrogen-bond acceptors (Lipinski definition) is 7. The van der Waals surface area contributed by atoms with Gasteiger partial charge in [0.2, 0.25) is 11.8 Å². The summed E-state index contributed by atoms with van der Waals surface area (Å²) in [4.78, 5) is 46.1. The molecule has 3 aliphatic rings. The van der Waals surface area contributed by atoms with Gasteiger partial charge in [0.1, 0.15) is 11.6 Å². The summed E-state index contributed by atoms with van der Waals surface area (Å²) in [6.45, 7) is 14.8. The van der Waals surface area contributed by atoms with Crippen molar-refractivity contribution in [1.29, 1.82) is 0 Å². The number of nitrogens with zero attached hydrogens (tertiary/aromatic N) is 5. The molecule has 1 spiro atoms. The van der Waals surface area contributed by atoms with Crippen LogP contribution in [0.15, 0.2) is 24.3 Å². The van der Waals surface area contributed by atoms with Crippen LogP contribution in [0.3, 0.4) is 0 Å². The zero-order chi connectivity index (χ0) is 31.6. The Hall–Kier alpha value is -3.28. The summed E-state index contributed by atoms with van der Waals surface area (Å²) in [5.41, 5.74) is 3.79. The molecular weight excluding hydrogens is 560 g/mol. The number of aromatic nitrogens is 2. The number of aliphatic hydroxyl groups is 1. The zero-order valence-corrected chi connectivity index (χ0v) is 26.8. The molecule has 2 N–H and O–H groups in total. The number of rotatable bonds is 9. The number of hydrogen-bond donors (Lipinski definition) is 2. The first kappa shape index (κ1) is 32.1. The van der Waals surface area contributed by atoms with Crippen molar-refractivity contribution in [2.75, 3.05) is 45.9 Å². The van der Waals surface area contributed by atoms with Crippen molar-refractivity contribution >= 4 is 17.7 Å². The number of aryl methyl sites for hydroxylation is 1. The fraction of sp³-hybridized carbons (Fsp3) is 0.636. The minimum Gasteiger partial charge on any atom is -0.390 e. The summed E-state index contributed by atoms with van der Waals surface area (Å²) < 4.78 is 7.30. The van der Waals surface area contributed by atoms with Crippen LogP contribution in [0.25, 0.3) is 5.69 Å². The van der Waals surface area contributed by atoms with Gasteiger partial charge in [0, 0.05) is 56.1 Å². The Balaban J connectivity index is 1.27. The maximum absolute atomic E-state index is 13.6. The molecule has 1 aromatic carbocycles. The number of nitrogens with one attached hydrogen (secondary N) is 1. The maximum atomic E-state index is 13.6. The van der Waals surface area contributed by atoms with Crippen LogP contribution in [0.2, 0.25) is 0 Å². The second-order valence-corrected chi connectivity index (χ2v) is 12.8. The van der Waals surface area contributed by atoms with Crippen molar-refractivity contribution in [2.24, 2.45) is 5.92 Å². The number of morpholine rings is 1. The van der Waals surface area contributed by atoms with Crippen LogP contribution in [0.5, 0.6) is 0 Å². The SMILES string of the molecule is CCCCN1C(=O)[C@@H]([C@H](O)C(C)C)NC(=O)C12CCN(Cc1c(C)nn(-c3ccc(C(=O)N4CCOCC4)cc3)c1C)CC2. The van der Waals surface area contributed by atoms with E-state index in [1.165, 1.54) is 0 Å². The predicted octanol–water partition coefficient (Wildman–Crippen LogP) is 2.44. The molecule has 11 heteroatoms. The van der Waals surface area contributed by atoms with E-state index in [2.05, 4.69) is 24.1 Å². The Morgan fingerprint density at radius 1 is 1.09 bits per heavy atom. The fourth-order valence-corrected chi connectivity index (χ4v) is 6.75. The van der Waals surface area contributed by atoms with Crippen LogP contribution < -0.4 is 5.32 Å². The molecule has 4 heterocycles. The van der Waals surface area contributed by atoms with E-state index in [1.807, 2.05) is 54.6 Å². The molecule has 0 unspecified atom stereocenters. The van der Waals surface area contributed by atoms with E-state index in [0.29, 0.717) is 70.9 Å². The number of ether oxygens (including phenoxy) is 1. The number of piperazine rings is 1. The van der Waals surface area contributed by atoms with Gasteiger partial charge >= 0.3 is 0 Å². The van der Waals surface area contributed by atoms with Gasteiger partial charge in [-0.15, -0.1) is 0 Å². The van der Waals surface area contributed by atoms with Gasteiger partial charge in [-0.25, -0.2) is 4.68 Å². The maximum Gasteiger partial charge on any atom is 0.254 e. The van der Waals surface area contributed by atoms with Crippen molar-refractivity contribution < 1.29 is 24.2 Å². The highest BCUT2D eigenvalue weighted by molar-refractivity contribution is 6.00. The first-order valence-electron chi connectivity index (χ1n) is 16.1. The normalized spacial score (nSPS) is 21.7. The molecule has 0 aliphatic carbocycles. The van der Waals surface area contributed by atoms with Gasteiger partial charge in [0.05, 0.1) is 30.7 Å². The highest BCUT2D eigenvalue weighted by atomic mass is 16.5. The highest BCUT2D eigenvalue weighted by Gasteiger charge is 2.54. The third kappa shape index (κ3) is 6.14. The number of unbranched alkanes of at least 4 members (excludes halogenated alkanes) is 1.